The maximum Gasteiger partial charge on any atom is 0.236 e. The zero-order valence-electron chi connectivity index (χ0n) is 9.11. The standard InChI is InChI=1S/C11H10FN3O2/c1-7-13-11(17-15-7)6-10(16)14-9-5-3-2-4-8(9)12/h2-5H,6H2,1H3,(H,14,16). The number of hydrogen-bond acceptors (Lipinski definition) is 4. The largest absolute Gasteiger partial charge is 0.339 e. The Morgan fingerprint density at radius 3 is 2.88 bits per heavy atom. The van der Waals surface area contributed by atoms with E-state index in [1.165, 1.54) is 12.1 Å². The van der Waals surface area contributed by atoms with E-state index >= 15 is 0 Å². The Bertz CT molecular complexity index is 539. The van der Waals surface area contributed by atoms with Gasteiger partial charge in [0, 0.05) is 0 Å². The molecule has 0 radical (unpaired) electrons. The van der Waals surface area contributed by atoms with E-state index in [4.69, 9.17) is 4.52 Å². The lowest BCUT2D eigenvalue weighted by Gasteiger charge is -2.03. The third kappa shape index (κ3) is 2.87. The first-order chi connectivity index (χ1) is 8.15. The van der Waals surface area contributed by atoms with Gasteiger partial charge in [0.2, 0.25) is 11.8 Å². The average molecular weight is 235 g/mol. The number of benzene rings is 1. The van der Waals surface area contributed by atoms with Crippen molar-refractivity contribution in [3.8, 4) is 0 Å². The molecule has 0 bridgehead atoms. The van der Waals surface area contributed by atoms with Gasteiger partial charge in [-0.25, -0.2) is 4.39 Å². The molecule has 0 spiro atoms. The monoisotopic (exact) mass is 235 g/mol. The van der Waals surface area contributed by atoms with Crippen LogP contribution in [0.1, 0.15) is 11.7 Å². The zero-order valence-corrected chi connectivity index (χ0v) is 9.11. The quantitative estimate of drug-likeness (QED) is 0.879. The predicted octanol–water partition coefficient (Wildman–Crippen LogP) is 1.70. The van der Waals surface area contributed by atoms with E-state index in [1.54, 1.807) is 19.1 Å². The zero-order chi connectivity index (χ0) is 12.3. The number of nitrogens with zero attached hydrogens (tertiary/aromatic N) is 2. The van der Waals surface area contributed by atoms with E-state index in [1.807, 2.05) is 0 Å². The minimum atomic E-state index is -0.484. The van der Waals surface area contributed by atoms with Crippen molar-refractivity contribution in [1.29, 1.82) is 0 Å². The van der Waals surface area contributed by atoms with Crippen LogP contribution in [-0.4, -0.2) is 16.0 Å². The lowest BCUT2D eigenvalue weighted by Crippen LogP contribution is -2.15. The van der Waals surface area contributed by atoms with E-state index in [-0.39, 0.29) is 18.0 Å². The molecule has 0 unspecified atom stereocenters. The van der Waals surface area contributed by atoms with E-state index in [2.05, 4.69) is 15.5 Å². The number of nitrogens with one attached hydrogen (secondary N) is 1. The Hall–Kier alpha value is -2.24. The second-order valence-electron chi connectivity index (χ2n) is 3.44. The van der Waals surface area contributed by atoms with Crippen LogP contribution in [0.4, 0.5) is 10.1 Å². The van der Waals surface area contributed by atoms with Crippen molar-refractivity contribution in [3.63, 3.8) is 0 Å². The van der Waals surface area contributed by atoms with Gasteiger partial charge in [-0.3, -0.25) is 4.79 Å². The number of anilines is 1. The highest BCUT2D eigenvalue weighted by atomic mass is 19.1. The van der Waals surface area contributed by atoms with Gasteiger partial charge in [-0.15, -0.1) is 0 Å². The number of carbonyl (C=O) groups is 1. The molecule has 2 rings (SSSR count). The summed E-state index contributed by atoms with van der Waals surface area (Å²) >= 11 is 0. The third-order valence-corrected chi connectivity index (χ3v) is 2.03. The van der Waals surface area contributed by atoms with Crippen LogP contribution < -0.4 is 5.32 Å². The van der Waals surface area contributed by atoms with Crippen LogP contribution in [0.5, 0.6) is 0 Å². The summed E-state index contributed by atoms with van der Waals surface area (Å²) in [7, 11) is 0. The number of aromatic nitrogens is 2. The van der Waals surface area contributed by atoms with Crippen LogP contribution >= 0.6 is 0 Å². The lowest BCUT2D eigenvalue weighted by atomic mass is 10.3. The van der Waals surface area contributed by atoms with E-state index < -0.39 is 11.7 Å². The highest BCUT2D eigenvalue weighted by molar-refractivity contribution is 5.91. The summed E-state index contributed by atoms with van der Waals surface area (Å²) in [6.45, 7) is 1.65. The van der Waals surface area contributed by atoms with Crippen molar-refractivity contribution >= 4 is 11.6 Å². The molecule has 88 valence electrons. The fourth-order valence-electron chi connectivity index (χ4n) is 1.31. The fraction of sp³-hybridized carbons (Fsp3) is 0.182. The topological polar surface area (TPSA) is 68.0 Å². The summed E-state index contributed by atoms with van der Waals surface area (Å²) in [5, 5.41) is 5.98. The van der Waals surface area contributed by atoms with Gasteiger partial charge >= 0.3 is 0 Å². The fourth-order valence-corrected chi connectivity index (χ4v) is 1.31. The number of halogens is 1. The Morgan fingerprint density at radius 2 is 2.24 bits per heavy atom. The maximum atomic E-state index is 13.2. The second-order valence-corrected chi connectivity index (χ2v) is 3.44. The number of amides is 1. The van der Waals surface area contributed by atoms with Crippen molar-refractivity contribution in [1.82, 2.24) is 10.1 Å². The number of para-hydroxylation sites is 1. The van der Waals surface area contributed by atoms with E-state index in [0.717, 1.165) is 0 Å². The van der Waals surface area contributed by atoms with Gasteiger partial charge in [0.05, 0.1) is 5.69 Å². The van der Waals surface area contributed by atoms with Crippen molar-refractivity contribution in [2.75, 3.05) is 5.32 Å². The molecular formula is C11H10FN3O2. The number of rotatable bonds is 3. The summed E-state index contributed by atoms with van der Waals surface area (Å²) in [5.74, 6) is -0.226. The van der Waals surface area contributed by atoms with Crippen LogP contribution in [-0.2, 0) is 11.2 Å². The Kier molecular flexibility index (Phi) is 3.13. The molecule has 0 aliphatic rings. The van der Waals surface area contributed by atoms with E-state index in [9.17, 15) is 9.18 Å². The first-order valence-electron chi connectivity index (χ1n) is 4.99. The number of aryl methyl sites for hydroxylation is 1. The summed E-state index contributed by atoms with van der Waals surface area (Å²) < 4.78 is 18.0. The van der Waals surface area contributed by atoms with Crippen molar-refractivity contribution < 1.29 is 13.7 Å². The van der Waals surface area contributed by atoms with Gasteiger partial charge in [-0.1, -0.05) is 17.3 Å². The molecule has 0 fully saturated rings. The van der Waals surface area contributed by atoms with Crippen molar-refractivity contribution in [2.45, 2.75) is 13.3 Å². The second kappa shape index (κ2) is 4.73. The molecule has 0 aliphatic heterocycles. The van der Waals surface area contributed by atoms with Crippen LogP contribution in [0.3, 0.4) is 0 Å². The maximum absolute atomic E-state index is 13.2. The minimum absolute atomic E-state index is 0.0742. The van der Waals surface area contributed by atoms with Crippen LogP contribution in [0, 0.1) is 12.7 Å². The number of carbonyl (C=O) groups excluding carboxylic acids is 1. The molecule has 0 atom stereocenters. The first-order valence-corrected chi connectivity index (χ1v) is 4.99. The van der Waals surface area contributed by atoms with E-state index in [0.29, 0.717) is 5.82 Å². The molecule has 5 nitrogen and oxygen atoms in total. The molecule has 1 aromatic heterocycles. The molecule has 1 heterocycles. The first kappa shape index (κ1) is 11.3. The molecule has 0 aliphatic carbocycles. The predicted molar refractivity (Wildman–Crippen MR) is 57.8 cm³/mol. The van der Waals surface area contributed by atoms with Gasteiger partial charge in [0.15, 0.2) is 5.82 Å². The molecular weight excluding hydrogens is 225 g/mol. The normalized spacial score (nSPS) is 10.2. The third-order valence-electron chi connectivity index (χ3n) is 2.03. The average Bonchev–Trinajstić information content (AvgIpc) is 2.67. The molecule has 2 aromatic rings. The molecule has 17 heavy (non-hydrogen) atoms. The molecule has 0 saturated carbocycles. The van der Waals surface area contributed by atoms with Crippen molar-refractivity contribution in [2.24, 2.45) is 0 Å². The minimum Gasteiger partial charge on any atom is -0.339 e. The smallest absolute Gasteiger partial charge is 0.236 e. The van der Waals surface area contributed by atoms with Gasteiger partial charge in [-0.2, -0.15) is 4.98 Å². The molecule has 1 N–H and O–H groups in total. The number of hydrogen-bond donors (Lipinski definition) is 1. The van der Waals surface area contributed by atoms with Crippen LogP contribution in [0.25, 0.3) is 0 Å². The highest BCUT2D eigenvalue weighted by Gasteiger charge is 2.11. The highest BCUT2D eigenvalue weighted by Crippen LogP contribution is 2.12. The van der Waals surface area contributed by atoms with Crippen molar-refractivity contribution in [3.05, 3.63) is 41.8 Å². The molecule has 0 saturated heterocycles. The molecule has 1 amide bonds. The lowest BCUT2D eigenvalue weighted by molar-refractivity contribution is -0.115. The Morgan fingerprint density at radius 1 is 1.47 bits per heavy atom. The Balaban J connectivity index is 2.01. The summed E-state index contributed by atoms with van der Waals surface area (Å²) in [4.78, 5) is 15.4. The van der Waals surface area contributed by atoms with Gasteiger partial charge in [0.25, 0.3) is 0 Å². The SMILES string of the molecule is Cc1noc(CC(=O)Nc2ccccc2F)n1. The Labute approximate surface area is 96.6 Å². The summed E-state index contributed by atoms with van der Waals surface area (Å²) in [5.41, 5.74) is 0.133. The van der Waals surface area contributed by atoms with Gasteiger partial charge in [-0.05, 0) is 19.1 Å². The molecule has 1 aromatic carbocycles. The molecule has 6 heteroatoms. The van der Waals surface area contributed by atoms with Gasteiger partial charge in [0.1, 0.15) is 12.2 Å². The summed E-state index contributed by atoms with van der Waals surface area (Å²) in [6, 6.07) is 5.93. The summed E-state index contributed by atoms with van der Waals surface area (Å²) in [6.07, 6.45) is -0.0742. The van der Waals surface area contributed by atoms with Gasteiger partial charge < -0.3 is 9.84 Å². The van der Waals surface area contributed by atoms with Crippen LogP contribution in [0.2, 0.25) is 0 Å². The van der Waals surface area contributed by atoms with Crippen LogP contribution in [0.15, 0.2) is 28.8 Å².